The van der Waals surface area contributed by atoms with Crippen LogP contribution in [0, 0.1) is 28.6 Å². The lowest BCUT2D eigenvalue weighted by molar-refractivity contribution is 0.0903. The van der Waals surface area contributed by atoms with Crippen molar-refractivity contribution in [2.24, 2.45) is 28.6 Å². The van der Waals surface area contributed by atoms with Crippen LogP contribution >= 0.6 is 0 Å². The Morgan fingerprint density at radius 1 is 0.913 bits per heavy atom. The van der Waals surface area contributed by atoms with Crippen LogP contribution in [0.5, 0.6) is 0 Å². The van der Waals surface area contributed by atoms with Gasteiger partial charge in [-0.3, -0.25) is 0 Å². The van der Waals surface area contributed by atoms with Crippen molar-refractivity contribution < 1.29 is 0 Å². The van der Waals surface area contributed by atoms with Crippen LogP contribution < -0.4 is 0 Å². The molecule has 0 radical (unpaired) electrons. The molecule has 0 heterocycles. The minimum Gasteiger partial charge on any atom is -0.309 e. The summed E-state index contributed by atoms with van der Waals surface area (Å²) >= 11 is 0. The zero-order valence-corrected chi connectivity index (χ0v) is 18.1. The molecule has 0 N–H and O–H groups in total. The molecule has 23 heavy (non-hydrogen) atoms. The van der Waals surface area contributed by atoms with Gasteiger partial charge in [0.2, 0.25) is 0 Å². The third-order valence-electron chi connectivity index (χ3n) is 6.55. The highest BCUT2D eigenvalue weighted by Gasteiger charge is 2.34. The van der Waals surface area contributed by atoms with Crippen LogP contribution in [0.4, 0.5) is 0 Å². The van der Waals surface area contributed by atoms with Gasteiger partial charge >= 0.3 is 0 Å². The third-order valence-corrected chi connectivity index (χ3v) is 6.55. The molecule has 0 spiro atoms. The lowest BCUT2D eigenvalue weighted by Gasteiger charge is -2.41. The maximum atomic E-state index is 2.55. The first-order chi connectivity index (χ1) is 10.4. The normalized spacial score (nSPS) is 18.3. The quantitative estimate of drug-likeness (QED) is 0.378. The number of hydrogen-bond acceptors (Lipinski definition) is 1. The van der Waals surface area contributed by atoms with Gasteiger partial charge in [0.1, 0.15) is 0 Å². The van der Waals surface area contributed by atoms with E-state index in [-0.39, 0.29) is 0 Å². The monoisotopic (exact) mass is 325 g/mol. The average Bonchev–Trinajstić information content (AvgIpc) is 2.44. The molecule has 1 nitrogen and oxygen atoms in total. The minimum atomic E-state index is 0.470. The van der Waals surface area contributed by atoms with Crippen molar-refractivity contribution in [3.05, 3.63) is 0 Å². The van der Waals surface area contributed by atoms with Gasteiger partial charge in [-0.15, -0.1) is 0 Å². The van der Waals surface area contributed by atoms with Crippen LogP contribution in [0.1, 0.15) is 93.9 Å². The first-order valence-corrected chi connectivity index (χ1v) is 10.1. The van der Waals surface area contributed by atoms with Crippen LogP contribution in [0.25, 0.3) is 0 Å². The number of nitrogens with zero attached hydrogens (tertiary/aromatic N) is 1. The van der Waals surface area contributed by atoms with E-state index in [1.54, 1.807) is 0 Å². The summed E-state index contributed by atoms with van der Waals surface area (Å²) in [5.41, 5.74) is 0.997. The third kappa shape index (κ3) is 9.13. The first kappa shape index (κ1) is 23.0. The Balaban J connectivity index is 4.62. The lowest BCUT2D eigenvalue weighted by Crippen LogP contribution is -2.34. The Bertz CT molecular complexity index is 305. The molecule has 0 aromatic heterocycles. The molecule has 0 aliphatic carbocycles. The van der Waals surface area contributed by atoms with E-state index in [9.17, 15) is 0 Å². The molecule has 0 aliphatic heterocycles. The van der Waals surface area contributed by atoms with Gasteiger partial charge in [-0.25, -0.2) is 0 Å². The molecule has 0 aliphatic rings. The first-order valence-electron chi connectivity index (χ1n) is 10.1. The van der Waals surface area contributed by atoms with Crippen LogP contribution in [-0.4, -0.2) is 25.5 Å². The summed E-state index contributed by atoms with van der Waals surface area (Å²) in [6, 6.07) is 0. The Morgan fingerprint density at radius 3 is 1.91 bits per heavy atom. The van der Waals surface area contributed by atoms with E-state index in [1.165, 1.54) is 45.1 Å². The van der Waals surface area contributed by atoms with Gasteiger partial charge in [0.25, 0.3) is 0 Å². The highest BCUT2D eigenvalue weighted by Crippen LogP contribution is 2.42. The van der Waals surface area contributed by atoms with Gasteiger partial charge < -0.3 is 4.90 Å². The molecule has 0 rings (SSSR count). The van der Waals surface area contributed by atoms with Gasteiger partial charge in [0, 0.05) is 0 Å². The molecule has 0 fully saturated rings. The van der Waals surface area contributed by atoms with E-state index >= 15 is 0 Å². The van der Waals surface area contributed by atoms with Crippen LogP contribution in [0.2, 0.25) is 0 Å². The topological polar surface area (TPSA) is 3.24 Å². The number of rotatable bonds is 12. The Morgan fingerprint density at radius 2 is 1.48 bits per heavy atom. The van der Waals surface area contributed by atoms with Crippen molar-refractivity contribution >= 4 is 0 Å². The average molecular weight is 326 g/mol. The zero-order chi connectivity index (χ0) is 18.3. The van der Waals surface area contributed by atoms with Gasteiger partial charge in [0.05, 0.1) is 0 Å². The van der Waals surface area contributed by atoms with Crippen LogP contribution in [-0.2, 0) is 0 Å². The van der Waals surface area contributed by atoms with Gasteiger partial charge in [-0.05, 0) is 68.5 Å². The molecular weight excluding hydrogens is 278 g/mol. The van der Waals surface area contributed by atoms with Crippen molar-refractivity contribution in [1.29, 1.82) is 0 Å². The van der Waals surface area contributed by atoms with E-state index in [2.05, 4.69) is 74.4 Å². The summed E-state index contributed by atoms with van der Waals surface area (Å²) in [5.74, 6) is 2.40. The number of hydrogen-bond donors (Lipinski definition) is 0. The molecule has 1 heteroatoms. The predicted molar refractivity (Wildman–Crippen MR) is 107 cm³/mol. The fourth-order valence-electron chi connectivity index (χ4n) is 3.80. The van der Waals surface area contributed by atoms with E-state index in [1.807, 2.05) is 0 Å². The van der Waals surface area contributed by atoms with Crippen molar-refractivity contribution in [2.45, 2.75) is 93.9 Å². The molecule has 3 atom stereocenters. The second kappa shape index (κ2) is 10.1. The van der Waals surface area contributed by atoms with Crippen LogP contribution in [0.3, 0.4) is 0 Å². The highest BCUT2D eigenvalue weighted by molar-refractivity contribution is 4.84. The van der Waals surface area contributed by atoms with E-state index < -0.39 is 0 Å². The molecular formula is C22H47N. The Hall–Kier alpha value is -0.0400. The van der Waals surface area contributed by atoms with E-state index in [0.29, 0.717) is 10.8 Å². The van der Waals surface area contributed by atoms with Gasteiger partial charge in [-0.1, -0.05) is 74.7 Å². The van der Waals surface area contributed by atoms with Crippen molar-refractivity contribution in [2.75, 3.05) is 20.6 Å². The molecule has 1 unspecified atom stereocenters. The largest absolute Gasteiger partial charge is 0.309 e. The van der Waals surface area contributed by atoms with Gasteiger partial charge in [0.15, 0.2) is 0 Å². The fraction of sp³-hybridized carbons (Fsp3) is 1.00. The highest BCUT2D eigenvalue weighted by atomic mass is 15.0. The summed E-state index contributed by atoms with van der Waals surface area (Å²) in [6.07, 6.45) is 8.17. The van der Waals surface area contributed by atoms with E-state index in [0.717, 1.165) is 17.8 Å². The van der Waals surface area contributed by atoms with Crippen LogP contribution in [0.15, 0.2) is 0 Å². The summed E-state index contributed by atoms with van der Waals surface area (Å²) in [7, 11) is 4.41. The minimum absolute atomic E-state index is 0.470. The second-order valence-corrected chi connectivity index (χ2v) is 9.96. The zero-order valence-electron chi connectivity index (χ0n) is 18.1. The maximum absolute atomic E-state index is 2.55. The van der Waals surface area contributed by atoms with Crippen molar-refractivity contribution in [3.8, 4) is 0 Å². The predicted octanol–water partition coefficient (Wildman–Crippen LogP) is 6.87. The van der Waals surface area contributed by atoms with E-state index in [4.69, 9.17) is 0 Å². The van der Waals surface area contributed by atoms with Gasteiger partial charge in [-0.2, -0.15) is 0 Å². The maximum Gasteiger partial charge on any atom is -0.00195 e. The summed E-state index contributed by atoms with van der Waals surface area (Å²) in [5, 5.41) is 0. The molecule has 0 bridgehead atoms. The molecule has 0 saturated heterocycles. The Labute approximate surface area is 148 Å². The molecule has 0 saturated carbocycles. The second-order valence-electron chi connectivity index (χ2n) is 9.96. The fourth-order valence-corrected chi connectivity index (χ4v) is 3.80. The smallest absolute Gasteiger partial charge is 0.00195 e. The molecule has 140 valence electrons. The SMILES string of the molecule is CCC(C)(C)CCC[C@H](C)CC(C)(CCN(C)C)[C@@H](C)C(C)C. The van der Waals surface area contributed by atoms with Crippen molar-refractivity contribution in [3.63, 3.8) is 0 Å². The molecule has 0 aromatic rings. The Kier molecular flexibility index (Phi) is 10.0. The molecule has 0 amide bonds. The lowest BCUT2D eigenvalue weighted by atomic mass is 9.65. The summed E-state index contributed by atoms with van der Waals surface area (Å²) < 4.78 is 0. The summed E-state index contributed by atoms with van der Waals surface area (Å²) in [6.45, 7) is 20.7. The van der Waals surface area contributed by atoms with Crippen molar-refractivity contribution in [1.82, 2.24) is 4.90 Å². The summed E-state index contributed by atoms with van der Waals surface area (Å²) in [4.78, 5) is 2.35. The molecule has 0 aromatic carbocycles. The standard InChI is InChI=1S/C22H47N/c1-11-21(6,7)14-12-13-19(4)17-22(8,15-16-23(9)10)20(5)18(2)3/h18-20H,11-17H2,1-10H3/t19-,20-,22?/m0/s1.